The summed E-state index contributed by atoms with van der Waals surface area (Å²) in [6.07, 6.45) is 3.07. The fourth-order valence-corrected chi connectivity index (χ4v) is 3.14. The van der Waals surface area contributed by atoms with Crippen LogP contribution in [-0.4, -0.2) is 10.6 Å². The lowest BCUT2D eigenvalue weighted by molar-refractivity contribution is 0.738. The van der Waals surface area contributed by atoms with Crippen molar-refractivity contribution in [3.05, 3.63) is 70.3 Å². The van der Waals surface area contributed by atoms with Gasteiger partial charge in [0, 0.05) is 28.8 Å². The van der Waals surface area contributed by atoms with Gasteiger partial charge in [-0.15, -0.1) is 0 Å². The first-order valence-electron chi connectivity index (χ1n) is 7.19. The number of aromatic nitrogens is 1. The fourth-order valence-electron chi connectivity index (χ4n) is 2.70. The van der Waals surface area contributed by atoms with Gasteiger partial charge in [-0.25, -0.2) is 0 Å². The molecular formula is C18H19BrN2. The van der Waals surface area contributed by atoms with Crippen LogP contribution in [0.3, 0.4) is 0 Å². The summed E-state index contributed by atoms with van der Waals surface area (Å²) in [5.41, 5.74) is 9.77. The van der Waals surface area contributed by atoms with Crippen LogP contribution in [0.25, 0.3) is 10.9 Å². The van der Waals surface area contributed by atoms with Crippen molar-refractivity contribution in [1.29, 1.82) is 0 Å². The molecule has 0 radical (unpaired) electrons. The van der Waals surface area contributed by atoms with Gasteiger partial charge in [0.1, 0.15) is 0 Å². The largest absolute Gasteiger partial charge is 0.343 e. The summed E-state index contributed by atoms with van der Waals surface area (Å²) in [6, 6.07) is 17.4. The molecule has 0 fully saturated rings. The van der Waals surface area contributed by atoms with E-state index < -0.39 is 0 Å². The zero-order chi connectivity index (χ0) is 14.8. The summed E-state index contributed by atoms with van der Waals surface area (Å²) in [5.74, 6) is 0. The van der Waals surface area contributed by atoms with Crippen molar-refractivity contribution in [3.8, 4) is 0 Å². The third-order valence-electron chi connectivity index (χ3n) is 3.64. The van der Waals surface area contributed by atoms with Gasteiger partial charge in [0.05, 0.1) is 0 Å². The number of fused-ring (bicyclic) bond motifs is 1. The van der Waals surface area contributed by atoms with E-state index in [-0.39, 0.29) is 6.04 Å². The molecule has 2 aromatic carbocycles. The van der Waals surface area contributed by atoms with Gasteiger partial charge in [-0.3, -0.25) is 0 Å². The zero-order valence-corrected chi connectivity index (χ0v) is 13.7. The summed E-state index contributed by atoms with van der Waals surface area (Å²) in [5, 5.41) is 1.28. The minimum Gasteiger partial charge on any atom is -0.343 e. The highest BCUT2D eigenvalue weighted by atomic mass is 79.9. The molecule has 108 valence electrons. The number of nitrogens with zero attached hydrogens (tertiary/aromatic N) is 1. The molecule has 1 atom stereocenters. The van der Waals surface area contributed by atoms with Crippen LogP contribution >= 0.6 is 15.9 Å². The number of halogens is 1. The normalized spacial score (nSPS) is 12.7. The molecule has 3 rings (SSSR count). The Labute approximate surface area is 133 Å². The Bertz CT molecular complexity index is 759. The maximum atomic E-state index is 5.91. The second kappa shape index (κ2) is 6.04. The summed E-state index contributed by atoms with van der Waals surface area (Å²) in [6.45, 7) is 2.93. The van der Waals surface area contributed by atoms with Gasteiger partial charge in [0.15, 0.2) is 0 Å². The van der Waals surface area contributed by atoms with Crippen molar-refractivity contribution in [3.63, 3.8) is 0 Å². The highest BCUT2D eigenvalue weighted by molar-refractivity contribution is 9.10. The molecular weight excluding hydrogens is 324 g/mol. The zero-order valence-electron chi connectivity index (χ0n) is 12.1. The summed E-state index contributed by atoms with van der Waals surface area (Å²) in [7, 11) is 0. The van der Waals surface area contributed by atoms with E-state index in [2.05, 4.69) is 75.2 Å². The van der Waals surface area contributed by atoms with Gasteiger partial charge in [0.2, 0.25) is 0 Å². The molecule has 0 bridgehead atoms. The number of hydrogen-bond acceptors (Lipinski definition) is 1. The Morgan fingerprint density at radius 2 is 1.95 bits per heavy atom. The predicted molar refractivity (Wildman–Crippen MR) is 92.5 cm³/mol. The van der Waals surface area contributed by atoms with Crippen LogP contribution in [0.2, 0.25) is 0 Å². The first-order valence-corrected chi connectivity index (χ1v) is 7.99. The molecule has 1 heterocycles. The second-order valence-corrected chi connectivity index (χ2v) is 6.56. The number of hydrogen-bond donors (Lipinski definition) is 1. The number of rotatable bonds is 4. The lowest BCUT2D eigenvalue weighted by Crippen LogP contribution is -2.17. The van der Waals surface area contributed by atoms with Crippen molar-refractivity contribution in [2.24, 2.45) is 5.73 Å². The van der Waals surface area contributed by atoms with E-state index >= 15 is 0 Å². The third-order valence-corrected chi connectivity index (χ3v) is 4.13. The molecule has 0 aliphatic carbocycles. The van der Waals surface area contributed by atoms with Gasteiger partial charge in [-0.1, -0.05) is 40.2 Å². The minimum atomic E-state index is 0.191. The first-order chi connectivity index (χ1) is 10.1. The fraction of sp³-hybridized carbons (Fsp3) is 0.222. The molecule has 21 heavy (non-hydrogen) atoms. The Balaban J connectivity index is 1.94. The van der Waals surface area contributed by atoms with Gasteiger partial charge in [0.25, 0.3) is 0 Å². The van der Waals surface area contributed by atoms with E-state index in [1.165, 1.54) is 22.0 Å². The molecule has 0 aliphatic heterocycles. The van der Waals surface area contributed by atoms with Crippen LogP contribution in [-0.2, 0) is 13.0 Å². The second-order valence-electron chi connectivity index (χ2n) is 5.65. The number of nitrogens with two attached hydrogens (primary N) is 1. The van der Waals surface area contributed by atoms with Crippen LogP contribution in [0, 0.1) is 0 Å². The predicted octanol–water partition coefficient (Wildman–Crippen LogP) is 4.34. The van der Waals surface area contributed by atoms with Crippen LogP contribution in [0.5, 0.6) is 0 Å². The van der Waals surface area contributed by atoms with E-state index in [4.69, 9.17) is 5.73 Å². The van der Waals surface area contributed by atoms with Gasteiger partial charge < -0.3 is 10.3 Å². The van der Waals surface area contributed by atoms with Crippen LogP contribution in [0.15, 0.2) is 59.2 Å². The summed E-state index contributed by atoms with van der Waals surface area (Å²) < 4.78 is 3.41. The quantitative estimate of drug-likeness (QED) is 0.751. The van der Waals surface area contributed by atoms with Crippen molar-refractivity contribution >= 4 is 26.8 Å². The van der Waals surface area contributed by atoms with E-state index in [1.54, 1.807) is 0 Å². The highest BCUT2D eigenvalue weighted by Crippen LogP contribution is 2.21. The molecule has 0 amide bonds. The highest BCUT2D eigenvalue weighted by Gasteiger charge is 2.05. The van der Waals surface area contributed by atoms with Gasteiger partial charge in [-0.05, 0) is 54.1 Å². The Morgan fingerprint density at radius 3 is 2.71 bits per heavy atom. The van der Waals surface area contributed by atoms with Crippen LogP contribution in [0.1, 0.15) is 18.1 Å². The molecule has 3 heteroatoms. The molecule has 2 nitrogen and oxygen atoms in total. The lowest BCUT2D eigenvalue weighted by atomic mass is 10.1. The molecule has 3 aromatic rings. The minimum absolute atomic E-state index is 0.191. The van der Waals surface area contributed by atoms with E-state index in [1.807, 2.05) is 6.92 Å². The average molecular weight is 343 g/mol. The molecule has 1 unspecified atom stereocenters. The molecule has 0 aliphatic rings. The topological polar surface area (TPSA) is 30.9 Å². The first kappa shape index (κ1) is 14.4. The standard InChI is InChI=1S/C18H19BrN2/c1-13(20)9-14-5-6-16-7-8-21(18(16)11-14)12-15-3-2-4-17(19)10-15/h2-8,10-11,13H,9,12,20H2,1H3. The maximum Gasteiger partial charge on any atom is 0.0486 e. The van der Waals surface area contributed by atoms with Crippen LogP contribution in [0.4, 0.5) is 0 Å². The Hall–Kier alpha value is -1.58. The van der Waals surface area contributed by atoms with E-state index in [9.17, 15) is 0 Å². The smallest absolute Gasteiger partial charge is 0.0486 e. The van der Waals surface area contributed by atoms with E-state index in [0.29, 0.717) is 0 Å². The number of benzene rings is 2. The summed E-state index contributed by atoms with van der Waals surface area (Å²) >= 11 is 3.53. The van der Waals surface area contributed by atoms with Crippen molar-refractivity contribution in [2.45, 2.75) is 25.9 Å². The van der Waals surface area contributed by atoms with Crippen LogP contribution < -0.4 is 5.73 Å². The Morgan fingerprint density at radius 1 is 1.10 bits per heavy atom. The maximum absolute atomic E-state index is 5.91. The van der Waals surface area contributed by atoms with Crippen molar-refractivity contribution < 1.29 is 0 Å². The Kier molecular flexibility index (Phi) is 4.13. The molecule has 2 N–H and O–H groups in total. The van der Waals surface area contributed by atoms with E-state index in [0.717, 1.165) is 17.4 Å². The SMILES string of the molecule is CC(N)Cc1ccc2ccn(Cc3cccc(Br)c3)c2c1. The molecule has 0 spiro atoms. The summed E-state index contributed by atoms with van der Waals surface area (Å²) in [4.78, 5) is 0. The molecule has 0 saturated carbocycles. The van der Waals surface area contributed by atoms with Gasteiger partial charge >= 0.3 is 0 Å². The monoisotopic (exact) mass is 342 g/mol. The van der Waals surface area contributed by atoms with Crippen molar-refractivity contribution in [2.75, 3.05) is 0 Å². The van der Waals surface area contributed by atoms with Crippen molar-refractivity contribution in [1.82, 2.24) is 4.57 Å². The lowest BCUT2D eigenvalue weighted by Gasteiger charge is -2.09. The van der Waals surface area contributed by atoms with Gasteiger partial charge in [-0.2, -0.15) is 0 Å². The molecule has 1 aromatic heterocycles. The molecule has 0 saturated heterocycles. The third kappa shape index (κ3) is 3.36. The average Bonchev–Trinajstić information content (AvgIpc) is 2.81.